The largest absolute Gasteiger partial charge is 0.457 e. The second-order valence-corrected chi connectivity index (χ2v) is 26.4. The standard InChI is InChI=1S/C92H56F12N2O2/c1-5-53-15-35-65(36-16-53)107-67-39-23-57(24-40-67)91(79-81(95)85(99)89(103)86(100)82(79)96)73-13-9-7-11-69(73)71-43-31-63(49-75(71)91)105(61-33-45-77(93)51(3)47-61)59-27-19-55(20-28-59)56-21-29-60(30-22-56)106(62-34-46-78(94)52(4)48-62)64-32-44-72-70-12-8-10-14-74(70)92(76(72)50-64,80-83(97)87(101)90(104)88(102)84(80)98)58-25-41-68(42-26-58)108-66-37-17-54(6-2)18-38-66/h5-50H,1-2H2,3-4H3. The van der Waals surface area contributed by atoms with E-state index < -0.39 is 91.8 Å². The summed E-state index contributed by atoms with van der Waals surface area (Å²) in [5.41, 5.74) is 2.06. The van der Waals surface area contributed by atoms with Gasteiger partial charge in [-0.05, 0) is 236 Å². The van der Waals surface area contributed by atoms with Crippen molar-refractivity contribution in [2.75, 3.05) is 9.80 Å². The maximum atomic E-state index is 17.2. The molecule has 4 nitrogen and oxygen atoms in total. The molecular weight excluding hydrogens is 1390 g/mol. The molecule has 0 saturated carbocycles. The second-order valence-electron chi connectivity index (χ2n) is 26.4. The van der Waals surface area contributed by atoms with Gasteiger partial charge in [0, 0.05) is 45.3 Å². The number of nitrogens with zero attached hydrogens (tertiary/aromatic N) is 2. The van der Waals surface area contributed by atoms with Gasteiger partial charge in [0.25, 0.3) is 0 Å². The topological polar surface area (TPSA) is 24.9 Å². The molecular formula is C92H56F12N2O2. The highest BCUT2D eigenvalue weighted by atomic mass is 19.2. The van der Waals surface area contributed by atoms with Gasteiger partial charge in [0.15, 0.2) is 46.5 Å². The molecule has 0 aromatic heterocycles. The van der Waals surface area contributed by atoms with E-state index in [1.165, 1.54) is 36.4 Å². The van der Waals surface area contributed by atoms with Gasteiger partial charge in [-0.25, -0.2) is 52.7 Å². The molecule has 14 aromatic rings. The first-order valence-corrected chi connectivity index (χ1v) is 34.1. The molecule has 14 aromatic carbocycles. The zero-order valence-electron chi connectivity index (χ0n) is 57.2. The molecule has 2 unspecified atom stereocenters. The van der Waals surface area contributed by atoms with Crippen LogP contribution < -0.4 is 19.3 Å². The first-order chi connectivity index (χ1) is 52.2. The maximum Gasteiger partial charge on any atom is 0.200 e. The van der Waals surface area contributed by atoms with Gasteiger partial charge in [0.1, 0.15) is 34.6 Å². The number of benzene rings is 14. The highest BCUT2D eigenvalue weighted by Crippen LogP contribution is 2.61. The Hall–Kier alpha value is -13.1. The lowest BCUT2D eigenvalue weighted by molar-refractivity contribution is 0.363. The minimum absolute atomic E-state index is 0.126. The quantitative estimate of drug-likeness (QED) is 0.0515. The van der Waals surface area contributed by atoms with Crippen LogP contribution in [0.2, 0.25) is 0 Å². The molecule has 0 N–H and O–H groups in total. The van der Waals surface area contributed by atoms with Crippen molar-refractivity contribution >= 4 is 46.3 Å². The van der Waals surface area contributed by atoms with Crippen molar-refractivity contribution in [1.82, 2.24) is 0 Å². The molecule has 16 heteroatoms. The van der Waals surface area contributed by atoms with E-state index in [2.05, 4.69) is 13.2 Å². The normalized spacial score (nSPS) is 14.5. The highest BCUT2D eigenvalue weighted by Gasteiger charge is 2.53. The Labute approximate surface area is 612 Å². The number of hydrogen-bond acceptors (Lipinski definition) is 4. The molecule has 2 aliphatic carbocycles. The summed E-state index contributed by atoms with van der Waals surface area (Å²) in [4.78, 5) is 3.54. The van der Waals surface area contributed by atoms with Gasteiger partial charge in [0.05, 0.1) is 10.8 Å². The van der Waals surface area contributed by atoms with Gasteiger partial charge in [-0.3, -0.25) is 0 Å². The molecule has 0 heterocycles. The number of hydrogen-bond donors (Lipinski definition) is 0. The molecule has 0 radical (unpaired) electrons. The smallest absolute Gasteiger partial charge is 0.200 e. The Kier molecular flexibility index (Phi) is 17.4. The lowest BCUT2D eigenvalue weighted by Gasteiger charge is -2.35. The van der Waals surface area contributed by atoms with Crippen LogP contribution in [-0.4, -0.2) is 0 Å². The molecule has 2 atom stereocenters. The van der Waals surface area contributed by atoms with Gasteiger partial charge in [-0.15, -0.1) is 0 Å². The van der Waals surface area contributed by atoms with E-state index in [0.29, 0.717) is 90.5 Å². The fraction of sp³-hybridized carbons (Fsp3) is 0.0435. The van der Waals surface area contributed by atoms with Crippen LogP contribution in [0.1, 0.15) is 66.8 Å². The first kappa shape index (κ1) is 69.3. The van der Waals surface area contributed by atoms with Crippen LogP contribution in [0.25, 0.3) is 45.5 Å². The molecule has 0 aliphatic heterocycles. The fourth-order valence-electron chi connectivity index (χ4n) is 15.3. The second kappa shape index (κ2) is 27.1. The number of fused-ring (bicyclic) bond motifs is 6. The molecule has 530 valence electrons. The van der Waals surface area contributed by atoms with E-state index in [0.717, 1.165) is 11.1 Å². The van der Waals surface area contributed by atoms with E-state index in [1.54, 1.807) is 242 Å². The number of halogens is 12. The third-order valence-electron chi connectivity index (χ3n) is 20.4. The van der Waals surface area contributed by atoms with Gasteiger partial charge in [-0.2, -0.15) is 0 Å². The van der Waals surface area contributed by atoms with E-state index in [9.17, 15) is 0 Å². The SMILES string of the molecule is C=Cc1ccc(Oc2ccc(C3(c4c(F)c(F)c(F)c(F)c4F)c4ccccc4-c4ccc(N(c5ccc(-c6ccc(N(c7ccc(F)c(C)c7)c7ccc8c(c7)C(c7ccc(Oc9ccc(C=C)cc9)cc7)(c7c(F)c(F)c(F)c(F)c7F)c7ccccc7-8)cc6)cc5)c5ccc(F)c(C)c5)cc43)cc2)cc1. The number of aryl methyl sites for hydroxylation is 2. The van der Waals surface area contributed by atoms with Crippen molar-refractivity contribution in [3.8, 4) is 56.4 Å². The third kappa shape index (κ3) is 11.2. The predicted octanol–water partition coefficient (Wildman–Crippen LogP) is 26.2. The Morgan fingerprint density at radius 2 is 0.556 bits per heavy atom. The predicted molar refractivity (Wildman–Crippen MR) is 398 cm³/mol. The van der Waals surface area contributed by atoms with Crippen molar-refractivity contribution < 1.29 is 62.2 Å². The van der Waals surface area contributed by atoms with Crippen LogP contribution in [0.15, 0.2) is 280 Å². The van der Waals surface area contributed by atoms with Gasteiger partial charge >= 0.3 is 0 Å². The lowest BCUT2D eigenvalue weighted by atomic mass is 9.67. The first-order valence-electron chi connectivity index (χ1n) is 34.1. The Morgan fingerprint density at radius 1 is 0.278 bits per heavy atom. The van der Waals surface area contributed by atoms with Gasteiger partial charge in [-0.1, -0.05) is 159 Å². The Morgan fingerprint density at radius 3 is 0.880 bits per heavy atom. The molecule has 0 bridgehead atoms. The minimum Gasteiger partial charge on any atom is -0.457 e. The van der Waals surface area contributed by atoms with E-state index in [-0.39, 0.29) is 44.5 Å². The van der Waals surface area contributed by atoms with Crippen molar-refractivity contribution in [3.05, 3.63) is 417 Å². The number of ether oxygens (including phenoxy) is 2. The van der Waals surface area contributed by atoms with Crippen LogP contribution in [0.5, 0.6) is 23.0 Å². The molecule has 0 spiro atoms. The Bertz CT molecular complexity index is 5550. The summed E-state index contributed by atoms with van der Waals surface area (Å²) in [7, 11) is 0. The molecule has 0 fully saturated rings. The Balaban J connectivity index is 0.806. The summed E-state index contributed by atoms with van der Waals surface area (Å²) in [6.45, 7) is 10.8. The minimum atomic E-state index is -2.33. The lowest BCUT2D eigenvalue weighted by Crippen LogP contribution is -2.32. The number of anilines is 6. The van der Waals surface area contributed by atoms with Crippen molar-refractivity contribution in [2.24, 2.45) is 0 Å². The summed E-state index contributed by atoms with van der Waals surface area (Å²) in [6.07, 6.45) is 3.33. The van der Waals surface area contributed by atoms with Crippen LogP contribution in [0, 0.1) is 83.7 Å². The van der Waals surface area contributed by atoms with E-state index in [1.807, 2.05) is 24.3 Å². The third-order valence-corrected chi connectivity index (χ3v) is 20.4. The van der Waals surface area contributed by atoms with Gasteiger partial charge < -0.3 is 19.3 Å². The van der Waals surface area contributed by atoms with Crippen molar-refractivity contribution in [3.63, 3.8) is 0 Å². The maximum absolute atomic E-state index is 17.2. The summed E-state index contributed by atoms with van der Waals surface area (Å²) in [5, 5.41) is 0. The summed E-state index contributed by atoms with van der Waals surface area (Å²) in [6, 6.07) is 73.1. The molecule has 2 aliphatic rings. The zero-order chi connectivity index (χ0) is 75.2. The highest BCUT2D eigenvalue weighted by molar-refractivity contribution is 5.92. The van der Waals surface area contributed by atoms with Crippen molar-refractivity contribution in [1.29, 1.82) is 0 Å². The summed E-state index contributed by atoms with van der Waals surface area (Å²) in [5.74, 6) is -20.9. The fourth-order valence-corrected chi connectivity index (χ4v) is 15.3. The van der Waals surface area contributed by atoms with E-state index in [4.69, 9.17) is 9.47 Å². The van der Waals surface area contributed by atoms with Crippen LogP contribution in [0.4, 0.5) is 86.8 Å². The van der Waals surface area contributed by atoms with E-state index >= 15 is 52.7 Å². The number of rotatable bonds is 17. The zero-order valence-corrected chi connectivity index (χ0v) is 57.2. The summed E-state index contributed by atoms with van der Waals surface area (Å²) >= 11 is 0. The van der Waals surface area contributed by atoms with Crippen LogP contribution in [-0.2, 0) is 10.8 Å². The monoisotopic (exact) mass is 1450 g/mol. The average Bonchev–Trinajstić information content (AvgIpc) is 1.51. The van der Waals surface area contributed by atoms with Crippen LogP contribution in [0.3, 0.4) is 0 Å². The molecule has 0 saturated heterocycles. The summed E-state index contributed by atoms with van der Waals surface area (Å²) < 4.78 is 206. The molecule has 0 amide bonds. The molecule has 16 rings (SSSR count). The van der Waals surface area contributed by atoms with Crippen molar-refractivity contribution in [2.45, 2.75) is 24.7 Å². The van der Waals surface area contributed by atoms with Gasteiger partial charge in [0.2, 0.25) is 11.6 Å². The molecule has 108 heavy (non-hydrogen) atoms. The van der Waals surface area contributed by atoms with Crippen LogP contribution >= 0.6 is 0 Å². The average molecular weight is 1450 g/mol.